The zero-order valence-electron chi connectivity index (χ0n) is 11.3. The molecule has 5 nitrogen and oxygen atoms in total. The van der Waals surface area contributed by atoms with Gasteiger partial charge in [0.25, 0.3) is 0 Å². The summed E-state index contributed by atoms with van der Waals surface area (Å²) in [6.07, 6.45) is 2.10. The van der Waals surface area contributed by atoms with E-state index < -0.39 is 0 Å². The molecule has 1 aliphatic heterocycles. The summed E-state index contributed by atoms with van der Waals surface area (Å²) in [6, 6.07) is 0.312. The molecule has 1 saturated carbocycles. The lowest BCUT2D eigenvalue weighted by Crippen LogP contribution is -2.53. The second-order valence-electron chi connectivity index (χ2n) is 5.62. The number of hydrogen-bond donors (Lipinski definition) is 1. The molecule has 0 radical (unpaired) electrons. The summed E-state index contributed by atoms with van der Waals surface area (Å²) in [5.74, 6) is -0.206. The number of nitrogens with zero attached hydrogens (tertiary/aromatic N) is 2. The zero-order chi connectivity index (χ0) is 13.1. The lowest BCUT2D eigenvalue weighted by Gasteiger charge is -2.30. The normalized spacial score (nSPS) is 20.1. The molecular formula is C13H23N3O2. The first-order valence-corrected chi connectivity index (χ1v) is 6.90. The molecule has 2 rings (SSSR count). The maximum Gasteiger partial charge on any atom is 0.312 e. The molecule has 0 unspecified atom stereocenters. The van der Waals surface area contributed by atoms with E-state index in [2.05, 4.69) is 19.2 Å². The molecule has 2 fully saturated rings. The van der Waals surface area contributed by atoms with Crippen molar-refractivity contribution >= 4 is 11.8 Å². The van der Waals surface area contributed by atoms with E-state index in [1.165, 1.54) is 0 Å². The van der Waals surface area contributed by atoms with E-state index in [1.807, 2.05) is 0 Å². The van der Waals surface area contributed by atoms with Crippen LogP contribution in [0.5, 0.6) is 0 Å². The minimum Gasteiger partial charge on any atom is -0.332 e. The van der Waals surface area contributed by atoms with Gasteiger partial charge in [0.15, 0.2) is 0 Å². The van der Waals surface area contributed by atoms with Crippen molar-refractivity contribution < 1.29 is 9.59 Å². The lowest BCUT2D eigenvalue weighted by molar-refractivity contribution is -0.152. The van der Waals surface area contributed by atoms with E-state index in [9.17, 15) is 9.59 Å². The van der Waals surface area contributed by atoms with Crippen LogP contribution < -0.4 is 5.32 Å². The molecule has 2 amide bonds. The van der Waals surface area contributed by atoms with Gasteiger partial charge in [0.2, 0.25) is 0 Å². The van der Waals surface area contributed by atoms with Gasteiger partial charge in [-0.15, -0.1) is 0 Å². The Bertz CT molecular complexity index is 320. The van der Waals surface area contributed by atoms with Gasteiger partial charge < -0.3 is 15.1 Å². The SMILES string of the molecule is CC(C)CN(C(=O)C(=O)N1CCNCC1)C1CC1. The molecule has 1 saturated heterocycles. The molecule has 0 bridgehead atoms. The first kappa shape index (κ1) is 13.3. The number of hydrogen-bond acceptors (Lipinski definition) is 3. The van der Waals surface area contributed by atoms with Crippen LogP contribution in [0.3, 0.4) is 0 Å². The third-order valence-electron chi connectivity index (χ3n) is 3.40. The Morgan fingerprint density at radius 3 is 2.39 bits per heavy atom. The Morgan fingerprint density at radius 1 is 1.28 bits per heavy atom. The van der Waals surface area contributed by atoms with Crippen molar-refractivity contribution in [1.29, 1.82) is 0 Å². The quantitative estimate of drug-likeness (QED) is 0.724. The predicted octanol–water partition coefficient (Wildman–Crippen LogP) is 0.0652. The molecule has 1 heterocycles. The first-order chi connectivity index (χ1) is 8.59. The van der Waals surface area contributed by atoms with Gasteiger partial charge in [0.05, 0.1) is 0 Å². The maximum absolute atomic E-state index is 12.3. The van der Waals surface area contributed by atoms with Gasteiger partial charge in [0, 0.05) is 38.8 Å². The molecule has 0 spiro atoms. The van der Waals surface area contributed by atoms with E-state index in [1.54, 1.807) is 9.80 Å². The van der Waals surface area contributed by atoms with Crippen LogP contribution in [0.15, 0.2) is 0 Å². The van der Waals surface area contributed by atoms with Crippen LogP contribution >= 0.6 is 0 Å². The Balaban J connectivity index is 1.96. The fourth-order valence-corrected chi connectivity index (χ4v) is 2.30. The highest BCUT2D eigenvalue weighted by Crippen LogP contribution is 2.28. The molecule has 18 heavy (non-hydrogen) atoms. The van der Waals surface area contributed by atoms with Crippen molar-refractivity contribution in [2.24, 2.45) is 5.92 Å². The van der Waals surface area contributed by atoms with Crippen LogP contribution in [-0.2, 0) is 9.59 Å². The molecule has 0 aromatic rings. The number of rotatable bonds is 3. The number of amides is 2. The fraction of sp³-hybridized carbons (Fsp3) is 0.846. The van der Waals surface area contributed by atoms with Gasteiger partial charge in [-0.2, -0.15) is 0 Å². The average Bonchev–Trinajstić information content (AvgIpc) is 3.19. The third-order valence-corrected chi connectivity index (χ3v) is 3.40. The number of piperazine rings is 1. The van der Waals surface area contributed by atoms with Crippen LogP contribution in [0.2, 0.25) is 0 Å². The monoisotopic (exact) mass is 253 g/mol. The van der Waals surface area contributed by atoms with Crippen LogP contribution in [0.4, 0.5) is 0 Å². The van der Waals surface area contributed by atoms with E-state index in [-0.39, 0.29) is 11.8 Å². The van der Waals surface area contributed by atoms with Crippen molar-refractivity contribution in [3.63, 3.8) is 0 Å². The largest absolute Gasteiger partial charge is 0.332 e. The second-order valence-corrected chi connectivity index (χ2v) is 5.62. The van der Waals surface area contributed by atoms with Gasteiger partial charge >= 0.3 is 11.8 Å². The Morgan fingerprint density at radius 2 is 1.89 bits per heavy atom. The molecule has 0 atom stereocenters. The highest BCUT2D eigenvalue weighted by atomic mass is 16.2. The van der Waals surface area contributed by atoms with E-state index in [0.29, 0.717) is 31.6 Å². The molecule has 5 heteroatoms. The summed E-state index contributed by atoms with van der Waals surface area (Å²) in [5, 5.41) is 3.19. The number of carbonyl (C=O) groups is 2. The van der Waals surface area contributed by atoms with Crippen molar-refractivity contribution in [3.8, 4) is 0 Å². The molecule has 0 aromatic heterocycles. The highest BCUT2D eigenvalue weighted by Gasteiger charge is 2.37. The minimum absolute atomic E-state index is 0.298. The Hall–Kier alpha value is -1.10. The molecule has 1 N–H and O–H groups in total. The van der Waals surface area contributed by atoms with Crippen molar-refractivity contribution in [3.05, 3.63) is 0 Å². The van der Waals surface area contributed by atoms with Gasteiger partial charge in [-0.25, -0.2) is 0 Å². The minimum atomic E-state index is -0.316. The smallest absolute Gasteiger partial charge is 0.312 e. The van der Waals surface area contributed by atoms with Crippen molar-refractivity contribution in [1.82, 2.24) is 15.1 Å². The summed E-state index contributed by atoms with van der Waals surface area (Å²) in [7, 11) is 0. The summed E-state index contributed by atoms with van der Waals surface area (Å²) >= 11 is 0. The molecule has 0 aromatic carbocycles. The molecule has 2 aliphatic rings. The van der Waals surface area contributed by atoms with Gasteiger partial charge in [0.1, 0.15) is 0 Å². The topological polar surface area (TPSA) is 52.7 Å². The molecule has 1 aliphatic carbocycles. The zero-order valence-corrected chi connectivity index (χ0v) is 11.3. The van der Waals surface area contributed by atoms with Crippen molar-refractivity contribution in [2.75, 3.05) is 32.7 Å². The predicted molar refractivity (Wildman–Crippen MR) is 69.0 cm³/mol. The Labute approximate surface area is 108 Å². The second kappa shape index (κ2) is 5.69. The first-order valence-electron chi connectivity index (χ1n) is 6.90. The average molecular weight is 253 g/mol. The van der Waals surface area contributed by atoms with Crippen molar-refractivity contribution in [2.45, 2.75) is 32.7 Å². The van der Waals surface area contributed by atoms with E-state index in [0.717, 1.165) is 25.9 Å². The molecule has 102 valence electrons. The van der Waals surface area contributed by atoms with E-state index >= 15 is 0 Å². The standard InChI is InChI=1S/C13H23N3O2/c1-10(2)9-16(11-3-4-11)13(18)12(17)15-7-5-14-6-8-15/h10-11,14H,3-9H2,1-2H3. The summed E-state index contributed by atoms with van der Waals surface area (Å²) in [6.45, 7) is 7.71. The van der Waals surface area contributed by atoms with Gasteiger partial charge in [-0.1, -0.05) is 13.8 Å². The van der Waals surface area contributed by atoms with Gasteiger partial charge in [-0.3, -0.25) is 9.59 Å². The van der Waals surface area contributed by atoms with Crippen LogP contribution in [0.25, 0.3) is 0 Å². The van der Waals surface area contributed by atoms with E-state index in [4.69, 9.17) is 0 Å². The van der Waals surface area contributed by atoms with Gasteiger partial charge in [-0.05, 0) is 18.8 Å². The lowest BCUT2D eigenvalue weighted by atomic mass is 10.2. The number of nitrogens with one attached hydrogen (secondary N) is 1. The maximum atomic E-state index is 12.3. The fourth-order valence-electron chi connectivity index (χ4n) is 2.30. The van der Waals surface area contributed by atoms with Crippen LogP contribution in [0, 0.1) is 5.92 Å². The summed E-state index contributed by atoms with van der Waals surface area (Å²) in [5.41, 5.74) is 0. The van der Waals surface area contributed by atoms with Crippen LogP contribution in [0.1, 0.15) is 26.7 Å². The Kier molecular flexibility index (Phi) is 4.22. The summed E-state index contributed by atoms with van der Waals surface area (Å²) < 4.78 is 0. The number of carbonyl (C=O) groups excluding carboxylic acids is 2. The third kappa shape index (κ3) is 3.22. The van der Waals surface area contributed by atoms with Crippen LogP contribution in [-0.4, -0.2) is 60.4 Å². The summed E-state index contributed by atoms with van der Waals surface area (Å²) in [4.78, 5) is 27.9. The highest BCUT2D eigenvalue weighted by molar-refractivity contribution is 6.35. The molecular weight excluding hydrogens is 230 g/mol.